The molecule has 23 heavy (non-hydrogen) atoms. The number of halogens is 3. The van der Waals surface area contributed by atoms with Crippen LogP contribution in [0, 0.1) is 0 Å². The van der Waals surface area contributed by atoms with Gasteiger partial charge in [-0.1, -0.05) is 23.7 Å². The molecule has 1 aromatic carbocycles. The van der Waals surface area contributed by atoms with Crippen LogP contribution in [0.25, 0.3) is 11.3 Å². The van der Waals surface area contributed by atoms with Crippen LogP contribution in [-0.4, -0.2) is 25.7 Å². The number of hydrogen-bond acceptors (Lipinski definition) is 5. The molecule has 2 aromatic heterocycles. The first-order chi connectivity index (χ1) is 11.0. The predicted octanol–water partition coefficient (Wildman–Crippen LogP) is 4.00. The van der Waals surface area contributed by atoms with Crippen LogP contribution in [0.15, 0.2) is 29.6 Å². The first kappa shape index (κ1) is 16.2. The number of carbonyl (C=O) groups is 1. The minimum Gasteiger partial charge on any atom is -0.300 e. The van der Waals surface area contributed by atoms with Crippen LogP contribution in [0.5, 0.6) is 0 Å². The lowest BCUT2D eigenvalue weighted by atomic mass is 10.2. The zero-order valence-electron chi connectivity index (χ0n) is 11.3. The van der Waals surface area contributed by atoms with Crippen molar-refractivity contribution in [3.8, 4) is 11.3 Å². The highest BCUT2D eigenvalue weighted by molar-refractivity contribution is 7.14. The molecule has 1 N–H and O–H groups in total. The summed E-state index contributed by atoms with van der Waals surface area (Å²) < 4.78 is 1.20. The summed E-state index contributed by atoms with van der Waals surface area (Å²) in [7, 11) is 0. The third-order valence-corrected chi connectivity index (χ3v) is 4.23. The molecule has 0 saturated carbocycles. The van der Waals surface area contributed by atoms with E-state index in [1.54, 1.807) is 12.1 Å². The summed E-state index contributed by atoms with van der Waals surface area (Å²) >= 11 is 18.6. The average molecular weight is 389 g/mol. The molecule has 0 unspecified atom stereocenters. The van der Waals surface area contributed by atoms with Crippen LogP contribution >= 0.6 is 46.1 Å². The predicted molar refractivity (Wildman–Crippen MR) is 91.2 cm³/mol. The molecule has 2 heterocycles. The smallest absolute Gasteiger partial charge is 0.248 e. The van der Waals surface area contributed by atoms with Gasteiger partial charge in [0, 0.05) is 16.0 Å². The van der Waals surface area contributed by atoms with Gasteiger partial charge in [-0.05, 0) is 35.3 Å². The largest absolute Gasteiger partial charge is 0.300 e. The van der Waals surface area contributed by atoms with E-state index in [0.717, 1.165) is 11.3 Å². The van der Waals surface area contributed by atoms with Gasteiger partial charge in [-0.2, -0.15) is 4.98 Å². The minimum atomic E-state index is -0.328. The van der Waals surface area contributed by atoms with Crippen molar-refractivity contribution in [1.29, 1.82) is 0 Å². The second-order valence-electron chi connectivity index (χ2n) is 4.40. The van der Waals surface area contributed by atoms with Gasteiger partial charge in [-0.25, -0.2) is 9.67 Å². The normalized spacial score (nSPS) is 10.7. The summed E-state index contributed by atoms with van der Waals surface area (Å²) in [4.78, 5) is 20.0. The van der Waals surface area contributed by atoms with Gasteiger partial charge in [0.25, 0.3) is 0 Å². The molecule has 0 aliphatic rings. The molecule has 3 aromatic rings. The maximum atomic E-state index is 12.0. The van der Waals surface area contributed by atoms with Crippen molar-refractivity contribution in [1.82, 2.24) is 19.7 Å². The maximum absolute atomic E-state index is 12.0. The van der Waals surface area contributed by atoms with Crippen molar-refractivity contribution in [2.24, 2.45) is 0 Å². The molecular weight excluding hydrogens is 381 g/mol. The van der Waals surface area contributed by atoms with E-state index in [2.05, 4.69) is 20.4 Å². The van der Waals surface area contributed by atoms with Gasteiger partial charge < -0.3 is 5.32 Å². The molecule has 0 fully saturated rings. The fourth-order valence-electron chi connectivity index (χ4n) is 1.78. The monoisotopic (exact) mass is 387 g/mol. The molecular formula is C13H8Cl3N5OS. The minimum absolute atomic E-state index is 0.0120. The quantitative estimate of drug-likeness (QED) is 0.733. The Morgan fingerprint density at radius 2 is 1.91 bits per heavy atom. The summed E-state index contributed by atoms with van der Waals surface area (Å²) in [5, 5.41) is 9.49. The van der Waals surface area contributed by atoms with Crippen molar-refractivity contribution >= 4 is 57.2 Å². The standard InChI is InChI=1S/C13H8Cl3N5OS/c14-8-3-1-7(2-4-8)9-6-23-13(17-9)18-10(22)5-21-12(16)19-11(15)20-21/h1-4,6H,5H2,(H,17,18,22). The van der Waals surface area contributed by atoms with Crippen LogP contribution in [0.2, 0.25) is 15.6 Å². The summed E-state index contributed by atoms with van der Waals surface area (Å²) in [5.41, 5.74) is 1.67. The van der Waals surface area contributed by atoms with E-state index in [4.69, 9.17) is 34.8 Å². The third-order valence-electron chi connectivity index (χ3n) is 2.78. The van der Waals surface area contributed by atoms with E-state index in [1.165, 1.54) is 16.0 Å². The number of thiazole rings is 1. The highest BCUT2D eigenvalue weighted by Gasteiger charge is 2.12. The average Bonchev–Trinajstić information content (AvgIpc) is 3.07. The first-order valence-electron chi connectivity index (χ1n) is 6.28. The highest BCUT2D eigenvalue weighted by atomic mass is 35.5. The number of anilines is 1. The molecule has 0 radical (unpaired) electrons. The third kappa shape index (κ3) is 4.00. The van der Waals surface area contributed by atoms with Crippen LogP contribution in [-0.2, 0) is 11.3 Å². The summed E-state index contributed by atoms with van der Waals surface area (Å²) in [6.07, 6.45) is 0. The van der Waals surface area contributed by atoms with Gasteiger partial charge in [0.15, 0.2) is 5.13 Å². The first-order valence-corrected chi connectivity index (χ1v) is 8.30. The number of nitrogens with zero attached hydrogens (tertiary/aromatic N) is 4. The lowest BCUT2D eigenvalue weighted by molar-refractivity contribution is -0.116. The zero-order valence-corrected chi connectivity index (χ0v) is 14.4. The van der Waals surface area contributed by atoms with E-state index in [-0.39, 0.29) is 23.0 Å². The maximum Gasteiger partial charge on any atom is 0.248 e. The Morgan fingerprint density at radius 3 is 2.57 bits per heavy atom. The van der Waals surface area contributed by atoms with E-state index in [9.17, 15) is 4.79 Å². The number of rotatable bonds is 4. The number of benzene rings is 1. The summed E-state index contributed by atoms with van der Waals surface area (Å²) in [5.74, 6) is -0.328. The molecule has 6 nitrogen and oxygen atoms in total. The summed E-state index contributed by atoms with van der Waals surface area (Å²) in [6.45, 7) is -0.103. The van der Waals surface area contributed by atoms with Crippen LogP contribution < -0.4 is 5.32 Å². The Bertz CT molecular complexity index is 846. The zero-order chi connectivity index (χ0) is 16.4. The molecule has 0 bridgehead atoms. The molecule has 1 amide bonds. The lowest BCUT2D eigenvalue weighted by Gasteiger charge is -2.02. The number of nitrogens with one attached hydrogen (secondary N) is 1. The Kier molecular flexibility index (Phi) is 4.82. The number of aromatic nitrogens is 4. The van der Waals surface area contributed by atoms with Gasteiger partial charge in [0.2, 0.25) is 16.5 Å². The molecule has 0 atom stereocenters. The van der Waals surface area contributed by atoms with Crippen molar-refractivity contribution in [3.63, 3.8) is 0 Å². The SMILES string of the molecule is O=C(Cn1nc(Cl)nc1Cl)Nc1nc(-c2ccc(Cl)cc2)cs1. The Balaban J connectivity index is 1.68. The molecule has 10 heteroatoms. The second kappa shape index (κ2) is 6.84. The van der Waals surface area contributed by atoms with E-state index >= 15 is 0 Å². The number of amides is 1. The molecule has 0 saturated heterocycles. The second-order valence-corrected chi connectivity index (χ2v) is 6.37. The van der Waals surface area contributed by atoms with E-state index in [0.29, 0.717) is 10.2 Å². The molecule has 0 aliphatic carbocycles. The number of carbonyl (C=O) groups excluding carboxylic acids is 1. The Labute approximate surface area is 150 Å². The van der Waals surface area contributed by atoms with Gasteiger partial charge in [0.05, 0.1) is 5.69 Å². The Hall–Kier alpha value is -1.67. The molecule has 0 aliphatic heterocycles. The Morgan fingerprint density at radius 1 is 1.17 bits per heavy atom. The van der Waals surface area contributed by atoms with Crippen LogP contribution in [0.1, 0.15) is 0 Å². The van der Waals surface area contributed by atoms with Crippen molar-refractivity contribution < 1.29 is 4.79 Å². The van der Waals surface area contributed by atoms with Crippen LogP contribution in [0.3, 0.4) is 0 Å². The molecule has 0 spiro atoms. The van der Waals surface area contributed by atoms with E-state index < -0.39 is 0 Å². The highest BCUT2D eigenvalue weighted by Crippen LogP contribution is 2.26. The fourth-order valence-corrected chi connectivity index (χ4v) is 3.03. The van der Waals surface area contributed by atoms with Crippen molar-refractivity contribution in [2.75, 3.05) is 5.32 Å². The number of hydrogen-bond donors (Lipinski definition) is 1. The van der Waals surface area contributed by atoms with Crippen molar-refractivity contribution in [3.05, 3.63) is 45.2 Å². The van der Waals surface area contributed by atoms with Gasteiger partial charge in [-0.15, -0.1) is 16.4 Å². The topological polar surface area (TPSA) is 72.7 Å². The van der Waals surface area contributed by atoms with Gasteiger partial charge in [-0.3, -0.25) is 4.79 Å². The molecule has 3 rings (SSSR count). The van der Waals surface area contributed by atoms with Gasteiger partial charge in [0.1, 0.15) is 6.54 Å². The van der Waals surface area contributed by atoms with Gasteiger partial charge >= 0.3 is 0 Å². The fraction of sp³-hybridized carbons (Fsp3) is 0.0769. The van der Waals surface area contributed by atoms with E-state index in [1.807, 2.05) is 17.5 Å². The van der Waals surface area contributed by atoms with Crippen LogP contribution in [0.4, 0.5) is 5.13 Å². The molecule has 118 valence electrons. The van der Waals surface area contributed by atoms with Crippen molar-refractivity contribution in [2.45, 2.75) is 6.54 Å². The summed E-state index contributed by atoms with van der Waals surface area (Å²) in [6, 6.07) is 7.29. The lowest BCUT2D eigenvalue weighted by Crippen LogP contribution is -2.19.